The second-order valence-electron chi connectivity index (χ2n) is 4.35. The lowest BCUT2D eigenvalue weighted by Crippen LogP contribution is -2.50. The normalized spacial score (nSPS) is 18.0. The summed E-state index contributed by atoms with van der Waals surface area (Å²) in [5.74, 6) is 0.0182. The first kappa shape index (κ1) is 10.7. The van der Waals surface area contributed by atoms with Crippen LogP contribution in [0, 0.1) is 0 Å². The number of amides is 1. The molecule has 0 saturated heterocycles. The van der Waals surface area contributed by atoms with Gasteiger partial charge in [0.25, 0.3) is 5.91 Å². The predicted molar refractivity (Wildman–Crippen MR) is 63.9 cm³/mol. The summed E-state index contributed by atoms with van der Waals surface area (Å²) < 4.78 is 0.852. The number of halogens is 1. The Labute approximate surface area is 98.2 Å². The van der Waals surface area contributed by atoms with Gasteiger partial charge in [-0.25, -0.2) is 0 Å². The van der Waals surface area contributed by atoms with Gasteiger partial charge in [-0.1, -0.05) is 12.1 Å². The Kier molecular flexibility index (Phi) is 2.83. The van der Waals surface area contributed by atoms with E-state index in [0.717, 1.165) is 17.3 Å². The summed E-state index contributed by atoms with van der Waals surface area (Å²) in [6, 6.07) is 7.51. The number of hydrogen-bond acceptors (Lipinski definition) is 1. The van der Waals surface area contributed by atoms with E-state index in [1.165, 1.54) is 6.42 Å². The fourth-order valence-corrected chi connectivity index (χ4v) is 2.28. The molecule has 0 spiro atoms. The number of benzene rings is 1. The Hall–Kier alpha value is -0.830. The van der Waals surface area contributed by atoms with E-state index in [0.29, 0.717) is 5.56 Å². The van der Waals surface area contributed by atoms with Gasteiger partial charge in [-0.2, -0.15) is 0 Å². The molecule has 2 nitrogen and oxygen atoms in total. The van der Waals surface area contributed by atoms with Crippen LogP contribution in [0.25, 0.3) is 0 Å². The van der Waals surface area contributed by atoms with E-state index in [2.05, 4.69) is 28.2 Å². The average molecular weight is 268 g/mol. The summed E-state index contributed by atoms with van der Waals surface area (Å²) in [4.78, 5) is 11.9. The van der Waals surface area contributed by atoms with Crippen molar-refractivity contribution in [3.05, 3.63) is 34.3 Å². The van der Waals surface area contributed by atoms with Crippen LogP contribution in [0.1, 0.15) is 36.5 Å². The van der Waals surface area contributed by atoms with E-state index < -0.39 is 0 Å². The third kappa shape index (κ3) is 2.23. The Morgan fingerprint density at radius 1 is 1.40 bits per heavy atom. The molecule has 0 bridgehead atoms. The summed E-state index contributed by atoms with van der Waals surface area (Å²) in [5.41, 5.74) is 0.734. The van der Waals surface area contributed by atoms with Gasteiger partial charge in [0.2, 0.25) is 0 Å². The monoisotopic (exact) mass is 267 g/mol. The van der Waals surface area contributed by atoms with Gasteiger partial charge in [0.1, 0.15) is 0 Å². The Morgan fingerprint density at radius 3 is 2.60 bits per heavy atom. The first-order chi connectivity index (χ1) is 7.11. The molecule has 1 aliphatic rings. The second-order valence-corrected chi connectivity index (χ2v) is 5.20. The zero-order valence-corrected chi connectivity index (χ0v) is 10.3. The molecule has 80 valence electrons. The first-order valence-corrected chi connectivity index (χ1v) is 5.97. The van der Waals surface area contributed by atoms with Crippen LogP contribution in [-0.2, 0) is 0 Å². The minimum Gasteiger partial charge on any atom is -0.347 e. The van der Waals surface area contributed by atoms with E-state index in [1.54, 1.807) is 0 Å². The van der Waals surface area contributed by atoms with Crippen molar-refractivity contribution in [3.8, 4) is 0 Å². The molecule has 0 aliphatic heterocycles. The average Bonchev–Trinajstić information content (AvgIpc) is 2.16. The Bertz CT molecular complexity index is 385. The Morgan fingerprint density at radius 2 is 2.07 bits per heavy atom. The van der Waals surface area contributed by atoms with Crippen LogP contribution >= 0.6 is 15.9 Å². The summed E-state index contributed by atoms with van der Waals surface area (Å²) in [5, 5.41) is 3.08. The number of carbonyl (C=O) groups excluding carboxylic acids is 1. The van der Waals surface area contributed by atoms with Crippen molar-refractivity contribution >= 4 is 21.8 Å². The van der Waals surface area contributed by atoms with Gasteiger partial charge in [0.15, 0.2) is 0 Å². The fourth-order valence-electron chi connectivity index (χ4n) is 1.82. The largest absolute Gasteiger partial charge is 0.347 e. The van der Waals surface area contributed by atoms with Gasteiger partial charge in [0.05, 0.1) is 5.56 Å². The van der Waals surface area contributed by atoms with Crippen LogP contribution in [0.2, 0.25) is 0 Å². The number of nitrogens with one attached hydrogen (secondary N) is 1. The topological polar surface area (TPSA) is 29.1 Å². The molecule has 1 fully saturated rings. The SMILES string of the molecule is CC1(NC(=O)c2ccccc2Br)CCC1. The van der Waals surface area contributed by atoms with Crippen molar-refractivity contribution in [2.24, 2.45) is 0 Å². The molecule has 1 aromatic carbocycles. The highest BCUT2D eigenvalue weighted by Gasteiger charge is 2.33. The minimum absolute atomic E-state index is 0.0182. The van der Waals surface area contributed by atoms with Gasteiger partial charge < -0.3 is 5.32 Å². The molecule has 0 atom stereocenters. The van der Waals surface area contributed by atoms with Gasteiger partial charge in [-0.05, 0) is 54.2 Å². The van der Waals surface area contributed by atoms with Crippen molar-refractivity contribution in [1.29, 1.82) is 0 Å². The van der Waals surface area contributed by atoms with Crippen molar-refractivity contribution in [2.75, 3.05) is 0 Å². The number of hydrogen-bond donors (Lipinski definition) is 1. The third-order valence-electron chi connectivity index (χ3n) is 2.99. The molecule has 1 aliphatic carbocycles. The quantitative estimate of drug-likeness (QED) is 0.877. The van der Waals surface area contributed by atoms with Gasteiger partial charge in [-0.3, -0.25) is 4.79 Å². The molecule has 1 amide bonds. The van der Waals surface area contributed by atoms with Crippen molar-refractivity contribution in [1.82, 2.24) is 5.32 Å². The third-order valence-corrected chi connectivity index (χ3v) is 3.68. The summed E-state index contributed by atoms with van der Waals surface area (Å²) in [6.07, 6.45) is 3.39. The highest BCUT2D eigenvalue weighted by Crippen LogP contribution is 2.31. The number of rotatable bonds is 2. The smallest absolute Gasteiger partial charge is 0.252 e. The van der Waals surface area contributed by atoms with E-state index in [-0.39, 0.29) is 11.4 Å². The second kappa shape index (κ2) is 3.97. The molecule has 1 saturated carbocycles. The van der Waals surface area contributed by atoms with E-state index >= 15 is 0 Å². The molecular weight excluding hydrogens is 254 g/mol. The van der Waals surface area contributed by atoms with Crippen LogP contribution in [0.4, 0.5) is 0 Å². The first-order valence-electron chi connectivity index (χ1n) is 5.18. The fraction of sp³-hybridized carbons (Fsp3) is 0.417. The molecule has 1 aromatic rings. The minimum atomic E-state index is 0.0182. The highest BCUT2D eigenvalue weighted by molar-refractivity contribution is 9.10. The zero-order chi connectivity index (χ0) is 10.9. The summed E-state index contributed by atoms with van der Waals surface area (Å²) in [7, 11) is 0. The lowest BCUT2D eigenvalue weighted by atomic mass is 9.78. The maximum atomic E-state index is 11.9. The molecule has 0 aromatic heterocycles. The summed E-state index contributed by atoms with van der Waals surface area (Å²) in [6.45, 7) is 2.10. The molecule has 0 unspecified atom stereocenters. The lowest BCUT2D eigenvalue weighted by molar-refractivity contribution is 0.0849. The standard InChI is InChI=1S/C12H14BrNO/c1-12(7-4-8-12)14-11(15)9-5-2-3-6-10(9)13/h2-3,5-6H,4,7-8H2,1H3,(H,14,15). The van der Waals surface area contributed by atoms with Crippen LogP contribution < -0.4 is 5.32 Å². The van der Waals surface area contributed by atoms with Crippen LogP contribution in [0.3, 0.4) is 0 Å². The lowest BCUT2D eigenvalue weighted by Gasteiger charge is -2.39. The summed E-state index contributed by atoms with van der Waals surface area (Å²) >= 11 is 3.38. The molecule has 0 radical (unpaired) electrons. The van der Waals surface area contributed by atoms with Gasteiger partial charge >= 0.3 is 0 Å². The predicted octanol–water partition coefficient (Wildman–Crippen LogP) is 3.12. The van der Waals surface area contributed by atoms with Crippen LogP contribution in [-0.4, -0.2) is 11.4 Å². The number of carbonyl (C=O) groups is 1. The maximum Gasteiger partial charge on any atom is 0.252 e. The van der Waals surface area contributed by atoms with E-state index in [9.17, 15) is 4.79 Å². The molecule has 0 heterocycles. The van der Waals surface area contributed by atoms with Gasteiger partial charge in [-0.15, -0.1) is 0 Å². The van der Waals surface area contributed by atoms with Crippen LogP contribution in [0.15, 0.2) is 28.7 Å². The Balaban J connectivity index is 2.11. The zero-order valence-electron chi connectivity index (χ0n) is 8.72. The van der Waals surface area contributed by atoms with Gasteiger partial charge in [0, 0.05) is 10.0 Å². The molecule has 1 N–H and O–H groups in total. The molecule has 3 heteroatoms. The molecular formula is C12H14BrNO. The van der Waals surface area contributed by atoms with E-state index in [4.69, 9.17) is 0 Å². The maximum absolute atomic E-state index is 11.9. The van der Waals surface area contributed by atoms with Crippen molar-refractivity contribution < 1.29 is 4.79 Å². The van der Waals surface area contributed by atoms with Crippen LogP contribution in [0.5, 0.6) is 0 Å². The van der Waals surface area contributed by atoms with Crippen molar-refractivity contribution in [2.45, 2.75) is 31.7 Å². The van der Waals surface area contributed by atoms with E-state index in [1.807, 2.05) is 24.3 Å². The highest BCUT2D eigenvalue weighted by atomic mass is 79.9. The van der Waals surface area contributed by atoms with Crippen molar-refractivity contribution in [3.63, 3.8) is 0 Å². The molecule has 15 heavy (non-hydrogen) atoms. The molecule has 2 rings (SSSR count).